The molecule has 0 N–H and O–H groups in total. The van der Waals surface area contributed by atoms with Crippen molar-refractivity contribution < 1.29 is 9.59 Å². The first-order valence-electron chi connectivity index (χ1n) is 16.7. The second kappa shape index (κ2) is 12.8. The van der Waals surface area contributed by atoms with Crippen molar-refractivity contribution in [2.24, 2.45) is 21.7 Å². The van der Waals surface area contributed by atoms with Gasteiger partial charge in [0, 0.05) is 34.1 Å². The minimum absolute atomic E-state index is 0.0372. The van der Waals surface area contributed by atoms with Gasteiger partial charge in [-0.2, -0.15) is 0 Å². The fourth-order valence-corrected chi connectivity index (χ4v) is 6.30. The van der Waals surface area contributed by atoms with Gasteiger partial charge in [0.05, 0.1) is 0 Å². The Morgan fingerprint density at radius 1 is 0.413 bits per heavy atom. The number of carbonyl (C=O) groups is 2. The highest BCUT2D eigenvalue weighted by atomic mass is 16.1. The quantitative estimate of drug-likeness (QED) is 0.336. The van der Waals surface area contributed by atoms with Crippen LogP contribution < -0.4 is 0 Å². The maximum absolute atomic E-state index is 13.8. The van der Waals surface area contributed by atoms with Gasteiger partial charge in [-0.3, -0.25) is 9.59 Å². The predicted octanol–water partition coefficient (Wildman–Crippen LogP) is 11.5. The van der Waals surface area contributed by atoms with Gasteiger partial charge in [-0.15, -0.1) is 0 Å². The number of benzene rings is 2. The molecule has 0 fully saturated rings. The van der Waals surface area contributed by atoms with E-state index in [9.17, 15) is 9.59 Å². The van der Waals surface area contributed by atoms with E-state index < -0.39 is 0 Å². The SMILES string of the molecule is CC(C)(C)C1=CC(=CC(c2ccccc2)C(C=C2C=C(C(C)(C)C)C(=O)C(C(C)(C)C)=C2)c2ccccc2)C=C(C(C)(C)C)C1=O. The molecule has 0 saturated heterocycles. The van der Waals surface area contributed by atoms with E-state index in [-0.39, 0.29) is 45.1 Å². The highest BCUT2D eigenvalue weighted by Gasteiger charge is 2.36. The Morgan fingerprint density at radius 3 is 0.870 bits per heavy atom. The molecular formula is C44H54O2. The molecule has 242 valence electrons. The molecule has 46 heavy (non-hydrogen) atoms. The average Bonchev–Trinajstić information content (AvgIpc) is 2.94. The van der Waals surface area contributed by atoms with Crippen LogP contribution >= 0.6 is 0 Å². The lowest BCUT2D eigenvalue weighted by molar-refractivity contribution is -0.114. The van der Waals surface area contributed by atoms with E-state index in [1.807, 2.05) is 0 Å². The average molecular weight is 615 g/mol. The maximum atomic E-state index is 13.8. The van der Waals surface area contributed by atoms with Crippen molar-refractivity contribution >= 4 is 11.6 Å². The fraction of sp³-hybridized carbons (Fsp3) is 0.409. The van der Waals surface area contributed by atoms with Crippen molar-refractivity contribution in [1.29, 1.82) is 0 Å². The molecule has 0 saturated carbocycles. The molecule has 0 aliphatic heterocycles. The van der Waals surface area contributed by atoms with E-state index in [0.717, 1.165) is 33.4 Å². The third-order valence-corrected chi connectivity index (χ3v) is 8.95. The molecule has 2 aromatic carbocycles. The van der Waals surface area contributed by atoms with E-state index >= 15 is 0 Å². The van der Waals surface area contributed by atoms with Crippen LogP contribution in [0.4, 0.5) is 0 Å². The summed E-state index contributed by atoms with van der Waals surface area (Å²) in [5.41, 5.74) is 6.70. The summed E-state index contributed by atoms with van der Waals surface area (Å²) in [5, 5.41) is 0. The second-order valence-electron chi connectivity index (χ2n) is 17.1. The van der Waals surface area contributed by atoms with Crippen molar-refractivity contribution in [3.63, 3.8) is 0 Å². The predicted molar refractivity (Wildman–Crippen MR) is 195 cm³/mol. The molecule has 2 atom stereocenters. The van der Waals surface area contributed by atoms with Crippen LogP contribution in [-0.2, 0) is 9.59 Å². The zero-order valence-corrected chi connectivity index (χ0v) is 30.2. The summed E-state index contributed by atoms with van der Waals surface area (Å²) in [5.74, 6) is 0.207. The van der Waals surface area contributed by atoms with Crippen molar-refractivity contribution in [3.05, 3.63) is 142 Å². The van der Waals surface area contributed by atoms with Crippen LogP contribution in [0.1, 0.15) is 106 Å². The highest BCUT2D eigenvalue weighted by molar-refractivity contribution is 6.12. The summed E-state index contributed by atoms with van der Waals surface area (Å²) < 4.78 is 0. The molecule has 2 unspecified atom stereocenters. The van der Waals surface area contributed by atoms with Crippen molar-refractivity contribution in [3.8, 4) is 0 Å². The molecule has 2 aliphatic carbocycles. The first-order chi connectivity index (χ1) is 21.2. The van der Waals surface area contributed by atoms with Crippen LogP contribution in [0.25, 0.3) is 0 Å². The lowest BCUT2D eigenvalue weighted by atomic mass is 9.70. The van der Waals surface area contributed by atoms with Gasteiger partial charge >= 0.3 is 0 Å². The number of ketones is 2. The first-order valence-corrected chi connectivity index (χ1v) is 16.7. The minimum atomic E-state index is -0.291. The Bertz CT molecular complexity index is 1460. The van der Waals surface area contributed by atoms with E-state index in [1.165, 1.54) is 11.1 Å². The summed E-state index contributed by atoms with van der Waals surface area (Å²) in [6.07, 6.45) is 13.1. The normalized spacial score (nSPS) is 17.9. The summed E-state index contributed by atoms with van der Waals surface area (Å²) >= 11 is 0. The van der Waals surface area contributed by atoms with Gasteiger partial charge in [0.25, 0.3) is 0 Å². The monoisotopic (exact) mass is 614 g/mol. The Morgan fingerprint density at radius 2 is 0.652 bits per heavy atom. The number of allylic oxidation sites excluding steroid dienone is 12. The summed E-state index contributed by atoms with van der Waals surface area (Å²) in [6, 6.07) is 21.3. The zero-order valence-electron chi connectivity index (χ0n) is 30.2. The van der Waals surface area contributed by atoms with E-state index in [4.69, 9.17) is 0 Å². The van der Waals surface area contributed by atoms with E-state index in [1.54, 1.807) is 0 Å². The Hall–Kier alpha value is -3.78. The van der Waals surface area contributed by atoms with Crippen molar-refractivity contribution in [2.75, 3.05) is 0 Å². The van der Waals surface area contributed by atoms with Gasteiger partial charge in [0.2, 0.25) is 0 Å². The van der Waals surface area contributed by atoms with E-state index in [2.05, 4.69) is 180 Å². The molecule has 0 spiro atoms. The van der Waals surface area contributed by atoms with Crippen LogP contribution in [0.5, 0.6) is 0 Å². The third kappa shape index (κ3) is 7.95. The molecule has 2 aliphatic rings. The molecule has 0 amide bonds. The highest BCUT2D eigenvalue weighted by Crippen LogP contribution is 2.44. The molecule has 0 radical (unpaired) electrons. The molecule has 4 rings (SSSR count). The van der Waals surface area contributed by atoms with Gasteiger partial charge in [-0.05, 0) is 68.2 Å². The summed E-state index contributed by atoms with van der Waals surface area (Å²) in [6.45, 7) is 25.4. The van der Waals surface area contributed by atoms with Crippen LogP contribution in [0.2, 0.25) is 0 Å². The molecule has 0 heterocycles. The Balaban J connectivity index is 2.04. The lowest BCUT2D eigenvalue weighted by Gasteiger charge is -2.33. The molecule has 2 heteroatoms. The van der Waals surface area contributed by atoms with Gasteiger partial charge in [-0.1, -0.05) is 156 Å². The molecule has 0 bridgehead atoms. The molecular weight excluding hydrogens is 560 g/mol. The third-order valence-electron chi connectivity index (χ3n) is 8.95. The first kappa shape index (κ1) is 35.1. The number of hydrogen-bond acceptors (Lipinski definition) is 2. The van der Waals surface area contributed by atoms with Gasteiger partial charge in [0.15, 0.2) is 11.6 Å². The molecule has 0 aromatic heterocycles. The number of hydrogen-bond donors (Lipinski definition) is 0. The Labute approximate surface area is 278 Å². The number of carbonyl (C=O) groups excluding carboxylic acids is 2. The smallest absolute Gasteiger partial charge is 0.186 e. The van der Waals surface area contributed by atoms with Crippen molar-refractivity contribution in [2.45, 2.75) is 94.9 Å². The number of rotatable bonds is 5. The Kier molecular flexibility index (Phi) is 9.75. The van der Waals surface area contributed by atoms with Gasteiger partial charge in [0.1, 0.15) is 0 Å². The number of Topliss-reactive ketones (excluding diaryl/α,β-unsaturated/α-hetero) is 2. The van der Waals surface area contributed by atoms with Crippen LogP contribution in [-0.4, -0.2) is 11.6 Å². The van der Waals surface area contributed by atoms with Crippen LogP contribution in [0, 0.1) is 21.7 Å². The van der Waals surface area contributed by atoms with Crippen LogP contribution in [0.3, 0.4) is 0 Å². The van der Waals surface area contributed by atoms with Gasteiger partial charge in [-0.25, -0.2) is 0 Å². The second-order valence-corrected chi connectivity index (χ2v) is 17.1. The van der Waals surface area contributed by atoms with E-state index in [0.29, 0.717) is 0 Å². The van der Waals surface area contributed by atoms with Crippen molar-refractivity contribution in [1.82, 2.24) is 0 Å². The molecule has 2 aromatic rings. The topological polar surface area (TPSA) is 34.1 Å². The summed E-state index contributed by atoms with van der Waals surface area (Å²) in [7, 11) is 0. The van der Waals surface area contributed by atoms with Crippen LogP contribution in [0.15, 0.2) is 131 Å². The summed E-state index contributed by atoms with van der Waals surface area (Å²) in [4.78, 5) is 27.5. The van der Waals surface area contributed by atoms with Gasteiger partial charge < -0.3 is 0 Å². The lowest BCUT2D eigenvalue weighted by Crippen LogP contribution is -2.28. The maximum Gasteiger partial charge on any atom is 0.186 e. The zero-order chi connectivity index (χ0) is 34.2. The standard InChI is InChI=1S/C44H54O2/c1-41(2,3)35-25-29(26-36(39(35)45)42(4,5)6)23-33(31-19-15-13-16-20-31)34(32-21-17-14-18-22-32)24-30-27-37(43(7,8)9)40(46)38(28-30)44(10,11)12/h13-28,33-34H,1-12H3. The minimum Gasteiger partial charge on any atom is -0.289 e. The fourth-order valence-electron chi connectivity index (χ4n) is 6.30. The molecule has 2 nitrogen and oxygen atoms in total. The largest absolute Gasteiger partial charge is 0.289 e.